The molecule has 2 nitrogen and oxygen atoms in total. The Morgan fingerprint density at radius 2 is 0.634 bits per heavy atom. The van der Waals surface area contributed by atoms with Crippen LogP contribution in [-0.2, 0) is 5.41 Å². The van der Waals surface area contributed by atoms with Crippen LogP contribution >= 0.6 is 0 Å². The van der Waals surface area contributed by atoms with E-state index in [1.807, 2.05) is 0 Å². The summed E-state index contributed by atoms with van der Waals surface area (Å²) in [6.45, 7) is 4.66. The minimum Gasteiger partial charge on any atom is -0.456 e. The molecule has 0 aliphatic heterocycles. The molecular formula is C69H49NO. The van der Waals surface area contributed by atoms with Crippen molar-refractivity contribution in [3.63, 3.8) is 0 Å². The SMILES string of the molecule is CC(C)(c1cccc(-c2cccc(-c3cccc(-c4cccc(-c5cccc(-c6ccccc6)c5)c4)c3)c2)c1)c1ccc2oc3ccc(-c4ccc(-n5c6ccccc6c6ccccc65)cc4)cc3c2c1. The molecule has 0 saturated carbocycles. The van der Waals surface area contributed by atoms with Crippen LogP contribution in [0.15, 0.2) is 265 Å². The average molecular weight is 908 g/mol. The van der Waals surface area contributed by atoms with Crippen molar-refractivity contribution < 1.29 is 4.42 Å². The molecule has 0 fully saturated rings. The molecule has 0 saturated heterocycles. The maximum atomic E-state index is 6.46. The summed E-state index contributed by atoms with van der Waals surface area (Å²) in [6.07, 6.45) is 0. The summed E-state index contributed by atoms with van der Waals surface area (Å²) in [5, 5.41) is 4.79. The number of para-hydroxylation sites is 2. The zero-order chi connectivity index (χ0) is 47.5. The molecule has 0 unspecified atom stereocenters. The van der Waals surface area contributed by atoms with Gasteiger partial charge in [-0.15, -0.1) is 0 Å². The highest BCUT2D eigenvalue weighted by atomic mass is 16.3. The number of hydrogen-bond acceptors (Lipinski definition) is 1. The lowest BCUT2D eigenvalue weighted by atomic mass is 9.77. The van der Waals surface area contributed by atoms with Crippen LogP contribution in [0.3, 0.4) is 0 Å². The Morgan fingerprint density at radius 3 is 1.17 bits per heavy atom. The second-order valence-electron chi connectivity index (χ2n) is 19.3. The van der Waals surface area contributed by atoms with Gasteiger partial charge >= 0.3 is 0 Å². The van der Waals surface area contributed by atoms with E-state index in [1.165, 1.54) is 94.1 Å². The fourth-order valence-corrected chi connectivity index (χ4v) is 10.7. The number of fused-ring (bicyclic) bond motifs is 6. The Balaban J connectivity index is 0.775. The minimum absolute atomic E-state index is 0.280. The number of benzene rings is 11. The van der Waals surface area contributed by atoms with E-state index in [-0.39, 0.29) is 5.41 Å². The zero-order valence-corrected chi connectivity index (χ0v) is 39.7. The molecule has 0 bridgehead atoms. The largest absolute Gasteiger partial charge is 0.456 e. The first-order valence-electron chi connectivity index (χ1n) is 24.5. The van der Waals surface area contributed by atoms with Crippen molar-refractivity contribution in [1.29, 1.82) is 0 Å². The molecule has 13 aromatic rings. The van der Waals surface area contributed by atoms with Crippen molar-refractivity contribution in [2.24, 2.45) is 0 Å². The highest BCUT2D eigenvalue weighted by Gasteiger charge is 2.25. The summed E-state index contributed by atoms with van der Waals surface area (Å²) in [4.78, 5) is 0. The van der Waals surface area contributed by atoms with Gasteiger partial charge in [-0.3, -0.25) is 0 Å². The second kappa shape index (κ2) is 17.2. The van der Waals surface area contributed by atoms with Crippen molar-refractivity contribution in [3.8, 4) is 72.4 Å². The van der Waals surface area contributed by atoms with Gasteiger partial charge in [0.25, 0.3) is 0 Å². The third-order valence-electron chi connectivity index (χ3n) is 14.7. The summed E-state index contributed by atoms with van der Waals surface area (Å²) in [7, 11) is 0. The number of rotatable bonds is 9. The molecule has 13 rings (SSSR count). The molecule has 2 heteroatoms. The van der Waals surface area contributed by atoms with Crippen molar-refractivity contribution >= 4 is 43.7 Å². The molecule has 0 atom stereocenters. The van der Waals surface area contributed by atoms with Gasteiger partial charge < -0.3 is 8.98 Å². The Hall–Kier alpha value is -8.98. The van der Waals surface area contributed by atoms with Crippen molar-refractivity contribution in [3.05, 3.63) is 272 Å². The molecule has 0 radical (unpaired) electrons. The van der Waals surface area contributed by atoms with Gasteiger partial charge in [-0.1, -0.05) is 202 Å². The molecule has 0 N–H and O–H groups in total. The lowest BCUT2D eigenvalue weighted by Gasteiger charge is -2.27. The van der Waals surface area contributed by atoms with Crippen LogP contribution < -0.4 is 0 Å². The highest BCUT2D eigenvalue weighted by molar-refractivity contribution is 6.09. The van der Waals surface area contributed by atoms with Crippen LogP contribution in [-0.4, -0.2) is 4.57 Å². The number of furan rings is 1. The van der Waals surface area contributed by atoms with Gasteiger partial charge in [-0.05, 0) is 151 Å². The molecule has 2 aromatic heterocycles. The van der Waals surface area contributed by atoms with Crippen LogP contribution in [0.1, 0.15) is 25.0 Å². The molecular weight excluding hydrogens is 859 g/mol. The quantitative estimate of drug-likeness (QED) is 0.141. The molecule has 0 aliphatic carbocycles. The van der Waals surface area contributed by atoms with E-state index >= 15 is 0 Å². The predicted molar refractivity (Wildman–Crippen MR) is 299 cm³/mol. The lowest BCUT2D eigenvalue weighted by molar-refractivity contribution is 0.639. The van der Waals surface area contributed by atoms with E-state index < -0.39 is 0 Å². The minimum atomic E-state index is -0.280. The number of nitrogens with zero attached hydrogens (tertiary/aromatic N) is 1. The van der Waals surface area contributed by atoms with E-state index in [4.69, 9.17) is 4.42 Å². The molecule has 71 heavy (non-hydrogen) atoms. The number of aromatic nitrogens is 1. The van der Waals surface area contributed by atoms with Crippen LogP contribution in [0.2, 0.25) is 0 Å². The van der Waals surface area contributed by atoms with Crippen molar-refractivity contribution in [2.75, 3.05) is 0 Å². The van der Waals surface area contributed by atoms with Crippen molar-refractivity contribution in [2.45, 2.75) is 19.3 Å². The summed E-state index contributed by atoms with van der Waals surface area (Å²) >= 11 is 0. The molecule has 336 valence electrons. The Labute approximate surface area is 414 Å². The normalized spacial score (nSPS) is 11.8. The standard InChI is InChI=1S/C69H49NO/c1-69(2,59-34-38-68-64(45-59)63-44-57(33-37-67(63)71-68)47-31-35-60(36-32-47)70-65-29-8-6-27-61(65)62-28-7-9-30-66(62)70)58-26-14-25-56(43-58)55-24-13-23-54(42-55)53-22-12-21-52(41-53)51-20-11-19-50(40-51)49-18-10-17-48(39-49)46-15-4-3-5-16-46/h3-45H,1-2H3. The topological polar surface area (TPSA) is 18.1 Å². The summed E-state index contributed by atoms with van der Waals surface area (Å²) in [5.74, 6) is 0. The van der Waals surface area contributed by atoms with E-state index in [1.54, 1.807) is 0 Å². The Kier molecular flexibility index (Phi) is 10.2. The molecule has 2 heterocycles. The second-order valence-corrected chi connectivity index (χ2v) is 19.3. The first kappa shape index (κ1) is 42.1. The fraction of sp³-hybridized carbons (Fsp3) is 0.0435. The van der Waals surface area contributed by atoms with Crippen LogP contribution in [0.4, 0.5) is 0 Å². The highest BCUT2D eigenvalue weighted by Crippen LogP contribution is 2.40. The summed E-state index contributed by atoms with van der Waals surface area (Å²) in [5.41, 5.74) is 21.9. The smallest absolute Gasteiger partial charge is 0.135 e. The van der Waals surface area contributed by atoms with Gasteiger partial charge in [0.2, 0.25) is 0 Å². The molecule has 11 aromatic carbocycles. The monoisotopic (exact) mass is 907 g/mol. The first-order valence-corrected chi connectivity index (χ1v) is 24.5. The first-order chi connectivity index (χ1) is 34.9. The third-order valence-corrected chi connectivity index (χ3v) is 14.7. The maximum Gasteiger partial charge on any atom is 0.135 e. The predicted octanol–water partition coefficient (Wildman–Crippen LogP) is 19.0. The van der Waals surface area contributed by atoms with E-state index in [9.17, 15) is 0 Å². The Bertz CT molecular complexity index is 4080. The van der Waals surface area contributed by atoms with Crippen LogP contribution in [0.5, 0.6) is 0 Å². The van der Waals surface area contributed by atoms with Gasteiger partial charge in [-0.2, -0.15) is 0 Å². The van der Waals surface area contributed by atoms with Crippen LogP contribution in [0, 0.1) is 0 Å². The van der Waals surface area contributed by atoms with Crippen molar-refractivity contribution in [1.82, 2.24) is 4.57 Å². The van der Waals surface area contributed by atoms with E-state index in [2.05, 4.69) is 279 Å². The number of hydrogen-bond donors (Lipinski definition) is 0. The van der Waals surface area contributed by atoms with Gasteiger partial charge in [0, 0.05) is 32.6 Å². The Morgan fingerprint density at radius 1 is 0.268 bits per heavy atom. The van der Waals surface area contributed by atoms with E-state index in [0.29, 0.717) is 0 Å². The van der Waals surface area contributed by atoms with Gasteiger partial charge in [0.05, 0.1) is 11.0 Å². The average Bonchev–Trinajstić information content (AvgIpc) is 3.99. The fourth-order valence-electron chi connectivity index (χ4n) is 10.7. The lowest BCUT2D eigenvalue weighted by Crippen LogP contribution is -2.18. The summed E-state index contributed by atoms with van der Waals surface area (Å²) < 4.78 is 8.83. The maximum absolute atomic E-state index is 6.46. The van der Waals surface area contributed by atoms with E-state index in [0.717, 1.165) is 33.2 Å². The third kappa shape index (κ3) is 7.62. The van der Waals surface area contributed by atoms with Gasteiger partial charge in [0.15, 0.2) is 0 Å². The molecule has 0 spiro atoms. The molecule has 0 aliphatic rings. The van der Waals surface area contributed by atoms with Gasteiger partial charge in [0.1, 0.15) is 11.2 Å². The van der Waals surface area contributed by atoms with Crippen LogP contribution in [0.25, 0.3) is 116 Å². The zero-order valence-electron chi connectivity index (χ0n) is 39.7. The molecule has 0 amide bonds. The van der Waals surface area contributed by atoms with Gasteiger partial charge in [-0.25, -0.2) is 0 Å². The summed E-state index contributed by atoms with van der Waals surface area (Å²) in [6, 6.07) is 94.9.